The molecule has 0 aliphatic carbocycles. The van der Waals surface area contributed by atoms with Gasteiger partial charge in [0.25, 0.3) is 5.91 Å². The molecule has 1 amide bonds. The molecule has 0 aliphatic heterocycles. The first-order valence-electron chi connectivity index (χ1n) is 5.67. The molecule has 17 heavy (non-hydrogen) atoms. The zero-order valence-electron chi connectivity index (χ0n) is 10.6. The molecule has 0 aliphatic rings. The number of anilines is 1. The topological polar surface area (TPSA) is 38.8 Å². The van der Waals surface area contributed by atoms with Gasteiger partial charge in [-0.25, -0.2) is 0 Å². The second kappa shape index (κ2) is 6.91. The van der Waals surface area contributed by atoms with Crippen LogP contribution in [-0.4, -0.2) is 33.3 Å². The fraction of sp³-hybridized carbons (Fsp3) is 0.462. The Kier molecular flexibility index (Phi) is 5.49. The maximum atomic E-state index is 11.8. The lowest BCUT2D eigenvalue weighted by atomic mass is 10.3. The minimum Gasteiger partial charge on any atom is -0.497 e. The van der Waals surface area contributed by atoms with Crippen molar-refractivity contribution < 1.29 is 14.3 Å². The summed E-state index contributed by atoms with van der Waals surface area (Å²) in [7, 11) is 3.33. The van der Waals surface area contributed by atoms with Crippen LogP contribution in [0, 0.1) is 0 Å². The Labute approximate surface area is 102 Å². The Morgan fingerprint density at radius 2 is 2.18 bits per heavy atom. The maximum Gasteiger partial charge on any atom is 0.252 e. The average Bonchev–Trinajstić information content (AvgIpc) is 2.38. The molecule has 0 atom stereocenters. The minimum atomic E-state index is -0.0632. The van der Waals surface area contributed by atoms with Gasteiger partial charge < -0.3 is 14.4 Å². The minimum absolute atomic E-state index is 0.0632. The Morgan fingerprint density at radius 1 is 1.41 bits per heavy atom. The lowest BCUT2D eigenvalue weighted by molar-refractivity contribution is -0.122. The lowest BCUT2D eigenvalue weighted by Gasteiger charge is -2.17. The highest BCUT2D eigenvalue weighted by Crippen LogP contribution is 2.19. The molecule has 4 heteroatoms. The van der Waals surface area contributed by atoms with Crippen LogP contribution < -0.4 is 9.64 Å². The molecule has 1 aromatic rings. The summed E-state index contributed by atoms with van der Waals surface area (Å²) in [4.78, 5) is 13.3. The summed E-state index contributed by atoms with van der Waals surface area (Å²) in [5.41, 5.74) is 0.800. The van der Waals surface area contributed by atoms with Crippen molar-refractivity contribution in [3.63, 3.8) is 0 Å². The number of amides is 1. The number of hydrogen-bond donors (Lipinski definition) is 0. The van der Waals surface area contributed by atoms with Crippen molar-refractivity contribution in [1.82, 2.24) is 0 Å². The number of carbonyl (C=O) groups excluding carboxylic acids is 1. The first kappa shape index (κ1) is 13.5. The SMILES string of the molecule is CCCOCC(=O)N(C)c1cccc(OC)c1. The molecule has 1 rings (SSSR count). The van der Waals surface area contributed by atoms with Crippen LogP contribution in [0.25, 0.3) is 0 Å². The standard InChI is InChI=1S/C13H19NO3/c1-4-8-17-10-13(15)14(2)11-6-5-7-12(9-11)16-3/h5-7,9H,4,8,10H2,1-3H3. The fourth-order valence-electron chi connectivity index (χ4n) is 1.36. The normalized spacial score (nSPS) is 10.1. The van der Waals surface area contributed by atoms with Crippen molar-refractivity contribution in [1.29, 1.82) is 0 Å². The van der Waals surface area contributed by atoms with Gasteiger partial charge in [-0.1, -0.05) is 13.0 Å². The zero-order valence-corrected chi connectivity index (χ0v) is 10.6. The van der Waals surface area contributed by atoms with Gasteiger partial charge in [0.15, 0.2) is 0 Å². The molecule has 1 aromatic carbocycles. The van der Waals surface area contributed by atoms with Gasteiger partial charge in [0.1, 0.15) is 12.4 Å². The highest BCUT2D eigenvalue weighted by atomic mass is 16.5. The van der Waals surface area contributed by atoms with Crippen molar-refractivity contribution in [2.75, 3.05) is 32.3 Å². The summed E-state index contributed by atoms with van der Waals surface area (Å²) in [6, 6.07) is 7.37. The quantitative estimate of drug-likeness (QED) is 0.711. The van der Waals surface area contributed by atoms with E-state index in [9.17, 15) is 4.79 Å². The van der Waals surface area contributed by atoms with E-state index in [4.69, 9.17) is 9.47 Å². The van der Waals surface area contributed by atoms with E-state index in [2.05, 4.69) is 0 Å². The van der Waals surface area contributed by atoms with Gasteiger partial charge in [-0.3, -0.25) is 4.79 Å². The fourth-order valence-corrected chi connectivity index (χ4v) is 1.36. The Hall–Kier alpha value is -1.55. The third kappa shape index (κ3) is 4.07. The van der Waals surface area contributed by atoms with Gasteiger partial charge in [0.2, 0.25) is 0 Å². The average molecular weight is 237 g/mol. The number of methoxy groups -OCH3 is 1. The maximum absolute atomic E-state index is 11.8. The van der Waals surface area contributed by atoms with E-state index < -0.39 is 0 Å². The van der Waals surface area contributed by atoms with Gasteiger partial charge in [-0.2, -0.15) is 0 Å². The van der Waals surface area contributed by atoms with E-state index in [1.807, 2.05) is 31.2 Å². The summed E-state index contributed by atoms with van der Waals surface area (Å²) in [5, 5.41) is 0. The van der Waals surface area contributed by atoms with Crippen molar-refractivity contribution in [2.24, 2.45) is 0 Å². The number of likely N-dealkylation sites (N-methyl/N-ethyl adjacent to an activating group) is 1. The number of nitrogens with zero attached hydrogens (tertiary/aromatic N) is 1. The Morgan fingerprint density at radius 3 is 2.82 bits per heavy atom. The van der Waals surface area contributed by atoms with Crippen LogP contribution >= 0.6 is 0 Å². The molecule has 0 bridgehead atoms. The van der Waals surface area contributed by atoms with E-state index in [1.54, 1.807) is 19.1 Å². The summed E-state index contributed by atoms with van der Waals surface area (Å²) >= 11 is 0. The third-order valence-corrected chi connectivity index (χ3v) is 2.39. The van der Waals surface area contributed by atoms with Crippen LogP contribution in [0.1, 0.15) is 13.3 Å². The van der Waals surface area contributed by atoms with Crippen LogP contribution in [0.5, 0.6) is 5.75 Å². The van der Waals surface area contributed by atoms with Crippen LogP contribution in [0.3, 0.4) is 0 Å². The number of ether oxygens (including phenoxy) is 2. The van der Waals surface area contributed by atoms with Gasteiger partial charge in [0, 0.05) is 25.4 Å². The van der Waals surface area contributed by atoms with Crippen molar-refractivity contribution in [3.05, 3.63) is 24.3 Å². The first-order chi connectivity index (χ1) is 8.19. The smallest absolute Gasteiger partial charge is 0.252 e. The molecule has 0 fully saturated rings. The molecule has 0 unspecified atom stereocenters. The van der Waals surface area contributed by atoms with Gasteiger partial charge >= 0.3 is 0 Å². The lowest BCUT2D eigenvalue weighted by Crippen LogP contribution is -2.30. The molecule has 0 spiro atoms. The first-order valence-corrected chi connectivity index (χ1v) is 5.67. The molecule has 0 heterocycles. The zero-order chi connectivity index (χ0) is 12.7. The van der Waals surface area contributed by atoms with Gasteiger partial charge in [-0.05, 0) is 18.6 Å². The van der Waals surface area contributed by atoms with Crippen LogP contribution in [0.15, 0.2) is 24.3 Å². The summed E-state index contributed by atoms with van der Waals surface area (Å²) < 4.78 is 10.3. The Balaban J connectivity index is 2.61. The third-order valence-electron chi connectivity index (χ3n) is 2.39. The molecule has 0 saturated carbocycles. The predicted octanol–water partition coefficient (Wildman–Crippen LogP) is 2.08. The molecule has 4 nitrogen and oxygen atoms in total. The van der Waals surface area contributed by atoms with Crippen molar-refractivity contribution >= 4 is 11.6 Å². The molecule has 0 saturated heterocycles. The number of benzene rings is 1. The number of rotatable bonds is 6. The Bertz CT molecular complexity index is 365. The molecule has 0 aromatic heterocycles. The van der Waals surface area contributed by atoms with Crippen molar-refractivity contribution in [2.45, 2.75) is 13.3 Å². The second-order valence-electron chi connectivity index (χ2n) is 3.71. The summed E-state index contributed by atoms with van der Waals surface area (Å²) in [6.45, 7) is 2.73. The van der Waals surface area contributed by atoms with Gasteiger partial charge in [-0.15, -0.1) is 0 Å². The summed E-state index contributed by atoms with van der Waals surface area (Å²) in [6.07, 6.45) is 0.913. The van der Waals surface area contributed by atoms with E-state index in [1.165, 1.54) is 0 Å². The number of hydrogen-bond acceptors (Lipinski definition) is 3. The van der Waals surface area contributed by atoms with E-state index in [0.717, 1.165) is 17.9 Å². The number of carbonyl (C=O) groups is 1. The van der Waals surface area contributed by atoms with Crippen LogP contribution in [-0.2, 0) is 9.53 Å². The predicted molar refractivity (Wildman–Crippen MR) is 67.5 cm³/mol. The molecule has 0 radical (unpaired) electrons. The second-order valence-corrected chi connectivity index (χ2v) is 3.71. The van der Waals surface area contributed by atoms with Crippen LogP contribution in [0.2, 0.25) is 0 Å². The molecule has 0 N–H and O–H groups in total. The largest absolute Gasteiger partial charge is 0.497 e. The molecule has 94 valence electrons. The van der Waals surface area contributed by atoms with Crippen LogP contribution in [0.4, 0.5) is 5.69 Å². The molecular weight excluding hydrogens is 218 g/mol. The van der Waals surface area contributed by atoms with E-state index in [0.29, 0.717) is 6.61 Å². The molecular formula is C13H19NO3. The van der Waals surface area contributed by atoms with E-state index >= 15 is 0 Å². The highest BCUT2D eigenvalue weighted by molar-refractivity contribution is 5.93. The van der Waals surface area contributed by atoms with Gasteiger partial charge in [0.05, 0.1) is 7.11 Å². The highest BCUT2D eigenvalue weighted by Gasteiger charge is 2.11. The van der Waals surface area contributed by atoms with Crippen molar-refractivity contribution in [3.8, 4) is 5.75 Å². The monoisotopic (exact) mass is 237 g/mol. The van der Waals surface area contributed by atoms with E-state index in [-0.39, 0.29) is 12.5 Å². The summed E-state index contributed by atoms with van der Waals surface area (Å²) in [5.74, 6) is 0.670.